The molecule has 1 aromatic rings. The Labute approximate surface area is 146 Å². The zero-order valence-electron chi connectivity index (χ0n) is 14.3. The molecule has 6 heteroatoms. The monoisotopic (exact) mass is 336 g/mol. The first-order valence-corrected chi connectivity index (χ1v) is 8.35. The van der Waals surface area contributed by atoms with E-state index in [1.165, 1.54) is 0 Å². The zero-order chi connectivity index (χ0) is 16.5. The number of quaternary nitrogens is 1. The highest BCUT2D eigenvalue weighted by atomic mass is 16.5. The van der Waals surface area contributed by atoms with E-state index in [1.807, 2.05) is 24.5 Å². The first-order chi connectivity index (χ1) is 11.2. The lowest BCUT2D eigenvalue weighted by molar-refractivity contribution is -0.557. The van der Waals surface area contributed by atoms with Crippen LogP contribution in [0.3, 0.4) is 0 Å². The number of fused-ring (bicyclic) bond motifs is 1. The summed E-state index contributed by atoms with van der Waals surface area (Å²) in [4.78, 5) is 4.57. The molecule has 0 spiro atoms. The Morgan fingerprint density at radius 1 is 1.42 bits per heavy atom. The molecule has 1 aromatic carbocycles. The minimum Gasteiger partial charge on any atom is -0.489 e. The molecule has 0 aromatic heterocycles. The van der Waals surface area contributed by atoms with Crippen LogP contribution in [0.4, 0.5) is 11.4 Å². The summed E-state index contributed by atoms with van der Waals surface area (Å²) in [6.45, 7) is 5.72. The Bertz CT molecular complexity index is 506. The molecule has 6 nitrogen and oxygen atoms in total. The maximum Gasteiger partial charge on any atom is 0.144 e. The molecule has 136 valence electrons. The van der Waals surface area contributed by atoms with Crippen molar-refractivity contribution in [2.75, 3.05) is 64.1 Å². The van der Waals surface area contributed by atoms with Gasteiger partial charge in [-0.2, -0.15) is 0 Å². The zero-order valence-corrected chi connectivity index (χ0v) is 14.3. The van der Waals surface area contributed by atoms with Crippen LogP contribution in [0.15, 0.2) is 30.6 Å². The second-order valence-electron chi connectivity index (χ2n) is 5.82. The second kappa shape index (κ2) is 10.8. The number of anilines is 2. The van der Waals surface area contributed by atoms with Gasteiger partial charge in [0.05, 0.1) is 25.5 Å². The van der Waals surface area contributed by atoms with Crippen molar-refractivity contribution in [3.63, 3.8) is 0 Å². The smallest absolute Gasteiger partial charge is 0.144 e. The number of ether oxygens (including phenoxy) is 1. The van der Waals surface area contributed by atoms with Crippen LogP contribution < -0.4 is 26.0 Å². The number of benzene rings is 1. The highest BCUT2D eigenvalue weighted by molar-refractivity contribution is 5.65. The fourth-order valence-electron chi connectivity index (χ4n) is 2.63. The van der Waals surface area contributed by atoms with E-state index in [9.17, 15) is 0 Å². The van der Waals surface area contributed by atoms with E-state index in [-0.39, 0.29) is 7.43 Å². The molecule has 24 heavy (non-hydrogen) atoms. The van der Waals surface area contributed by atoms with Crippen molar-refractivity contribution >= 4 is 11.4 Å². The molecule has 2 rings (SSSR count). The molecule has 0 amide bonds. The van der Waals surface area contributed by atoms with Gasteiger partial charge in [0.15, 0.2) is 0 Å². The Morgan fingerprint density at radius 3 is 3.04 bits per heavy atom. The van der Waals surface area contributed by atoms with E-state index in [4.69, 9.17) is 10.5 Å². The summed E-state index contributed by atoms with van der Waals surface area (Å²) in [5.74, 6) is 0.900. The van der Waals surface area contributed by atoms with E-state index in [0.717, 1.165) is 62.9 Å². The molecular weight excluding hydrogens is 302 g/mol. The molecular formula is C18H34N5O+. The molecule has 0 saturated carbocycles. The number of nitrogens with one attached hydrogen (secondary N) is 1. The number of hydrogen-bond donors (Lipinski definition) is 3. The molecule has 0 radical (unpaired) electrons. The number of nitrogens with zero attached hydrogens (tertiary/aromatic N) is 2. The van der Waals surface area contributed by atoms with Crippen molar-refractivity contribution in [2.45, 2.75) is 13.8 Å². The highest BCUT2D eigenvalue weighted by Crippen LogP contribution is 2.32. The molecule has 0 atom stereocenters. The van der Waals surface area contributed by atoms with E-state index in [1.54, 1.807) is 0 Å². The third kappa shape index (κ3) is 6.29. The molecule has 5 N–H and O–H groups in total. The van der Waals surface area contributed by atoms with Gasteiger partial charge in [0.25, 0.3) is 0 Å². The van der Waals surface area contributed by atoms with Crippen molar-refractivity contribution in [3.05, 3.63) is 30.6 Å². The van der Waals surface area contributed by atoms with Crippen molar-refractivity contribution in [1.82, 2.24) is 10.2 Å². The first-order valence-electron chi connectivity index (χ1n) is 8.35. The highest BCUT2D eigenvalue weighted by Gasteiger charge is 2.17. The third-order valence-electron chi connectivity index (χ3n) is 3.90. The SMILES string of the molecule is C.C[NH2+]/C=C\N(C)CCCNCCN1CCOc2cc(N)ccc21. The van der Waals surface area contributed by atoms with Gasteiger partial charge in [-0.15, -0.1) is 0 Å². The molecule has 0 saturated heterocycles. The summed E-state index contributed by atoms with van der Waals surface area (Å²) in [7, 11) is 4.14. The predicted molar refractivity (Wildman–Crippen MR) is 102 cm³/mol. The van der Waals surface area contributed by atoms with Crippen LogP contribution in [0.2, 0.25) is 0 Å². The van der Waals surface area contributed by atoms with Crippen molar-refractivity contribution in [1.29, 1.82) is 0 Å². The topological polar surface area (TPSA) is 70.4 Å². The molecule has 0 bridgehead atoms. The van der Waals surface area contributed by atoms with Crippen LogP contribution in [0, 0.1) is 0 Å². The van der Waals surface area contributed by atoms with E-state index < -0.39 is 0 Å². The Hall–Kier alpha value is -1.92. The van der Waals surface area contributed by atoms with Crippen molar-refractivity contribution in [2.24, 2.45) is 0 Å². The van der Waals surface area contributed by atoms with Crippen LogP contribution in [-0.2, 0) is 0 Å². The van der Waals surface area contributed by atoms with Gasteiger partial charge in [-0.05, 0) is 25.1 Å². The maximum absolute atomic E-state index is 5.82. The van der Waals surface area contributed by atoms with Crippen molar-refractivity contribution < 1.29 is 10.1 Å². The maximum atomic E-state index is 5.82. The van der Waals surface area contributed by atoms with Gasteiger partial charge in [0.1, 0.15) is 18.6 Å². The summed E-state index contributed by atoms with van der Waals surface area (Å²) in [6.07, 6.45) is 5.31. The van der Waals surface area contributed by atoms with Gasteiger partial charge in [0, 0.05) is 38.4 Å². The Balaban J connectivity index is 0.00000288. The van der Waals surface area contributed by atoms with Gasteiger partial charge in [-0.25, -0.2) is 0 Å². The van der Waals surface area contributed by atoms with Gasteiger partial charge in [-0.3, -0.25) is 0 Å². The molecule has 0 fully saturated rings. The molecule has 1 aliphatic heterocycles. The minimum absolute atomic E-state index is 0. The Kier molecular flexibility index (Phi) is 9.04. The average Bonchev–Trinajstić information content (AvgIpc) is 2.55. The Morgan fingerprint density at radius 2 is 2.25 bits per heavy atom. The number of nitrogens with two attached hydrogens (primary N) is 2. The largest absolute Gasteiger partial charge is 0.489 e. The van der Waals surface area contributed by atoms with Crippen LogP contribution in [0.25, 0.3) is 0 Å². The van der Waals surface area contributed by atoms with E-state index in [0.29, 0.717) is 0 Å². The van der Waals surface area contributed by atoms with Crippen LogP contribution >= 0.6 is 0 Å². The van der Waals surface area contributed by atoms with Crippen LogP contribution in [-0.4, -0.2) is 58.3 Å². The fourth-order valence-corrected chi connectivity index (χ4v) is 2.63. The summed E-state index contributed by atoms with van der Waals surface area (Å²) in [5, 5.41) is 5.56. The van der Waals surface area contributed by atoms with Gasteiger partial charge in [0.2, 0.25) is 0 Å². The lowest BCUT2D eigenvalue weighted by atomic mass is 10.2. The second-order valence-corrected chi connectivity index (χ2v) is 5.82. The average molecular weight is 337 g/mol. The number of nitrogen functional groups attached to an aromatic ring is 1. The first kappa shape index (κ1) is 20.1. The van der Waals surface area contributed by atoms with E-state index in [2.05, 4.69) is 40.6 Å². The third-order valence-corrected chi connectivity index (χ3v) is 3.90. The van der Waals surface area contributed by atoms with Gasteiger partial charge >= 0.3 is 0 Å². The predicted octanol–water partition coefficient (Wildman–Crippen LogP) is 0.680. The summed E-state index contributed by atoms with van der Waals surface area (Å²) >= 11 is 0. The number of rotatable bonds is 9. The van der Waals surface area contributed by atoms with Gasteiger partial charge < -0.3 is 30.9 Å². The molecule has 1 heterocycles. The molecule has 1 aliphatic rings. The van der Waals surface area contributed by atoms with Crippen LogP contribution in [0.1, 0.15) is 13.8 Å². The van der Waals surface area contributed by atoms with Gasteiger partial charge in [-0.1, -0.05) is 7.43 Å². The lowest BCUT2D eigenvalue weighted by Crippen LogP contribution is -2.72. The minimum atomic E-state index is 0. The standard InChI is InChI=1S/C17H29N5O.CH4/c1-19-7-10-21(2)9-3-6-20-8-11-22-12-13-23-17-14-15(18)4-5-16(17)22;/h4-5,7,10,14,19-20H,3,6,8-9,11-13,18H2,1-2H3;1H4/p+1/b10-7-;. The summed E-state index contributed by atoms with van der Waals surface area (Å²) in [5.41, 5.74) is 7.71. The lowest BCUT2D eigenvalue weighted by Gasteiger charge is -2.31. The normalized spacial score (nSPS) is 13.3. The summed E-state index contributed by atoms with van der Waals surface area (Å²) < 4.78 is 5.68. The molecule has 0 unspecified atom stereocenters. The number of hydrogen-bond acceptors (Lipinski definition) is 5. The quantitative estimate of drug-likeness (QED) is 0.457. The van der Waals surface area contributed by atoms with Crippen molar-refractivity contribution in [3.8, 4) is 5.75 Å². The summed E-state index contributed by atoms with van der Waals surface area (Å²) in [6, 6.07) is 5.90. The fraction of sp³-hybridized carbons (Fsp3) is 0.556. The van der Waals surface area contributed by atoms with Crippen LogP contribution in [0.5, 0.6) is 5.75 Å². The van der Waals surface area contributed by atoms with E-state index >= 15 is 0 Å². The molecule has 0 aliphatic carbocycles.